The fourth-order valence-electron chi connectivity index (χ4n) is 8.05. The monoisotopic (exact) mass is 820 g/mol. The van der Waals surface area contributed by atoms with E-state index in [1.165, 1.54) is 193 Å². The van der Waals surface area contributed by atoms with E-state index in [0.717, 1.165) is 57.8 Å². The molecule has 3 N–H and O–H groups in total. The second-order valence-electron chi connectivity index (χ2n) is 17.9. The smallest absolute Gasteiger partial charge is 0.305 e. The number of aliphatic hydroxyl groups excluding tert-OH is 2. The number of rotatable bonds is 48. The molecule has 2 unspecified atom stereocenters. The molecule has 0 aromatic carbocycles. The number of hydrogen-bond acceptors (Lipinski definition) is 5. The number of ether oxygens (including phenoxy) is 1. The highest BCUT2D eigenvalue weighted by Crippen LogP contribution is 2.16. The Morgan fingerprint density at radius 1 is 0.466 bits per heavy atom. The summed E-state index contributed by atoms with van der Waals surface area (Å²) in [6, 6.07) is -0.551. The molecule has 2 atom stereocenters. The van der Waals surface area contributed by atoms with Crippen molar-refractivity contribution in [2.24, 2.45) is 0 Å². The third-order valence-electron chi connectivity index (χ3n) is 12.1. The van der Waals surface area contributed by atoms with Crippen molar-refractivity contribution in [1.29, 1.82) is 0 Å². The average molecular weight is 820 g/mol. The van der Waals surface area contributed by atoms with Crippen LogP contribution in [-0.4, -0.2) is 47.4 Å². The van der Waals surface area contributed by atoms with Crippen LogP contribution in [0.3, 0.4) is 0 Å². The van der Waals surface area contributed by atoms with Gasteiger partial charge < -0.3 is 20.3 Å². The van der Waals surface area contributed by atoms with Crippen LogP contribution in [0.5, 0.6) is 0 Å². The number of allylic oxidation sites excluding steroid dienone is 2. The zero-order valence-corrected chi connectivity index (χ0v) is 39.0. The minimum absolute atomic E-state index is 0.0121. The lowest BCUT2D eigenvalue weighted by Gasteiger charge is -2.22. The Morgan fingerprint density at radius 2 is 0.810 bits per heavy atom. The van der Waals surface area contributed by atoms with Gasteiger partial charge in [-0.2, -0.15) is 0 Å². The van der Waals surface area contributed by atoms with Crippen molar-refractivity contribution in [2.75, 3.05) is 13.2 Å². The van der Waals surface area contributed by atoms with Crippen molar-refractivity contribution < 1.29 is 24.5 Å². The summed E-state index contributed by atoms with van der Waals surface area (Å²) in [5.41, 5.74) is 0. The number of amides is 1. The van der Waals surface area contributed by atoms with Crippen molar-refractivity contribution in [1.82, 2.24) is 5.32 Å². The van der Waals surface area contributed by atoms with E-state index in [1.807, 2.05) is 0 Å². The third kappa shape index (κ3) is 44.2. The summed E-state index contributed by atoms with van der Waals surface area (Å²) in [6.07, 6.45) is 54.6. The van der Waals surface area contributed by atoms with Crippen LogP contribution in [-0.2, 0) is 14.3 Å². The van der Waals surface area contributed by atoms with Crippen LogP contribution in [0, 0.1) is 0 Å². The van der Waals surface area contributed by atoms with E-state index < -0.39 is 12.1 Å². The fourth-order valence-corrected chi connectivity index (χ4v) is 8.05. The normalized spacial score (nSPS) is 12.7. The van der Waals surface area contributed by atoms with Crippen molar-refractivity contribution in [3.05, 3.63) is 12.2 Å². The quantitative estimate of drug-likeness (QED) is 0.0323. The second kappa shape index (κ2) is 48.3. The summed E-state index contributed by atoms with van der Waals surface area (Å²) >= 11 is 0. The second-order valence-corrected chi connectivity index (χ2v) is 17.9. The Hall–Kier alpha value is -1.40. The Morgan fingerprint density at radius 3 is 1.22 bits per heavy atom. The Kier molecular flexibility index (Phi) is 47.1. The van der Waals surface area contributed by atoms with Gasteiger partial charge in [-0.1, -0.05) is 231 Å². The van der Waals surface area contributed by atoms with E-state index in [0.29, 0.717) is 25.9 Å². The lowest BCUT2D eigenvalue weighted by Crippen LogP contribution is -2.45. The molecule has 0 aliphatic heterocycles. The van der Waals surface area contributed by atoms with Crippen molar-refractivity contribution in [3.8, 4) is 0 Å². The number of carbonyl (C=O) groups excluding carboxylic acids is 2. The van der Waals surface area contributed by atoms with Gasteiger partial charge in [0.15, 0.2) is 0 Å². The van der Waals surface area contributed by atoms with Crippen molar-refractivity contribution in [2.45, 2.75) is 296 Å². The van der Waals surface area contributed by atoms with Gasteiger partial charge in [0.25, 0.3) is 0 Å². The van der Waals surface area contributed by atoms with E-state index in [2.05, 4.69) is 31.3 Å². The average Bonchev–Trinajstić information content (AvgIpc) is 3.22. The molecule has 0 fully saturated rings. The van der Waals surface area contributed by atoms with Gasteiger partial charge in [0.05, 0.1) is 25.4 Å². The zero-order valence-electron chi connectivity index (χ0n) is 39.0. The fraction of sp³-hybridized carbons (Fsp3) is 0.923. The molecule has 344 valence electrons. The molecule has 0 aliphatic carbocycles. The molecular formula is C52H101NO5. The van der Waals surface area contributed by atoms with Gasteiger partial charge in [-0.05, 0) is 51.4 Å². The van der Waals surface area contributed by atoms with Gasteiger partial charge in [-0.15, -0.1) is 0 Å². The van der Waals surface area contributed by atoms with Gasteiger partial charge in [-0.25, -0.2) is 0 Å². The minimum Gasteiger partial charge on any atom is -0.466 e. The summed E-state index contributed by atoms with van der Waals surface area (Å²) in [4.78, 5) is 24.5. The molecule has 6 nitrogen and oxygen atoms in total. The lowest BCUT2D eigenvalue weighted by atomic mass is 10.0. The third-order valence-corrected chi connectivity index (χ3v) is 12.1. The molecule has 0 rings (SSSR count). The molecule has 0 aromatic heterocycles. The van der Waals surface area contributed by atoms with Gasteiger partial charge >= 0.3 is 5.97 Å². The predicted molar refractivity (Wildman–Crippen MR) is 250 cm³/mol. The van der Waals surface area contributed by atoms with E-state index in [-0.39, 0.29) is 18.5 Å². The SMILES string of the molecule is CCCCCCCCC/C=C\CCCCCCCCCC(=O)OCCCCCCCCCCCCCCC(=O)NC(CO)C(O)CCCCCCCCCCCCC. The lowest BCUT2D eigenvalue weighted by molar-refractivity contribution is -0.143. The van der Waals surface area contributed by atoms with Crippen LogP contribution in [0.1, 0.15) is 284 Å². The molecule has 6 heteroatoms. The molecule has 58 heavy (non-hydrogen) atoms. The molecular weight excluding hydrogens is 719 g/mol. The number of esters is 1. The Bertz CT molecular complexity index is 863. The zero-order chi connectivity index (χ0) is 42.3. The van der Waals surface area contributed by atoms with Gasteiger partial charge in [0, 0.05) is 12.8 Å². The highest BCUT2D eigenvalue weighted by Gasteiger charge is 2.20. The number of carbonyl (C=O) groups is 2. The van der Waals surface area contributed by atoms with Gasteiger partial charge in [-0.3, -0.25) is 9.59 Å². The van der Waals surface area contributed by atoms with E-state index in [1.54, 1.807) is 0 Å². The summed E-state index contributed by atoms with van der Waals surface area (Å²) < 4.78 is 5.47. The molecule has 0 spiro atoms. The summed E-state index contributed by atoms with van der Waals surface area (Å²) in [5, 5.41) is 23.1. The maximum atomic E-state index is 12.4. The van der Waals surface area contributed by atoms with Crippen LogP contribution < -0.4 is 5.32 Å². The summed E-state index contributed by atoms with van der Waals surface area (Å²) in [6.45, 7) is 4.91. The van der Waals surface area contributed by atoms with Crippen LogP contribution in [0.15, 0.2) is 12.2 Å². The standard InChI is InChI=1S/C52H101NO5/c1-3-5-7-9-11-13-15-16-17-18-19-20-21-26-30-34-38-42-46-52(57)58-47-43-39-35-31-27-23-22-25-29-33-37-41-45-51(56)53-49(48-54)50(55)44-40-36-32-28-24-14-12-10-8-6-4-2/h17-18,49-50,54-55H,3-16,19-48H2,1-2H3,(H,53,56)/b18-17-. The molecule has 0 aromatic rings. The predicted octanol–water partition coefficient (Wildman–Crippen LogP) is 15.3. The number of aliphatic hydroxyl groups is 2. The first-order valence-electron chi connectivity index (χ1n) is 25.9. The van der Waals surface area contributed by atoms with Crippen LogP contribution in [0.25, 0.3) is 0 Å². The first-order valence-corrected chi connectivity index (χ1v) is 25.9. The number of hydrogen-bond donors (Lipinski definition) is 3. The van der Waals surface area contributed by atoms with Gasteiger partial charge in [0.2, 0.25) is 5.91 Å². The summed E-state index contributed by atoms with van der Waals surface area (Å²) in [5.74, 6) is -0.0633. The summed E-state index contributed by atoms with van der Waals surface area (Å²) in [7, 11) is 0. The molecule has 0 bridgehead atoms. The van der Waals surface area contributed by atoms with Crippen molar-refractivity contribution >= 4 is 11.9 Å². The van der Waals surface area contributed by atoms with E-state index in [9.17, 15) is 19.8 Å². The maximum absolute atomic E-state index is 12.4. The molecule has 0 heterocycles. The highest BCUT2D eigenvalue weighted by atomic mass is 16.5. The highest BCUT2D eigenvalue weighted by molar-refractivity contribution is 5.76. The van der Waals surface area contributed by atoms with Crippen molar-refractivity contribution in [3.63, 3.8) is 0 Å². The van der Waals surface area contributed by atoms with Gasteiger partial charge in [0.1, 0.15) is 0 Å². The number of nitrogens with one attached hydrogen (secondary N) is 1. The molecule has 0 radical (unpaired) electrons. The molecule has 0 aliphatic rings. The van der Waals surface area contributed by atoms with Crippen LogP contribution in [0.2, 0.25) is 0 Å². The van der Waals surface area contributed by atoms with Crippen LogP contribution >= 0.6 is 0 Å². The van der Waals surface area contributed by atoms with E-state index in [4.69, 9.17) is 4.74 Å². The van der Waals surface area contributed by atoms with E-state index >= 15 is 0 Å². The molecule has 1 amide bonds. The Balaban J connectivity index is 3.43. The minimum atomic E-state index is -0.672. The topological polar surface area (TPSA) is 95.9 Å². The molecule has 0 saturated heterocycles. The van der Waals surface area contributed by atoms with Crippen LogP contribution in [0.4, 0.5) is 0 Å². The molecule has 0 saturated carbocycles. The number of unbranched alkanes of at least 4 members (excludes halogenated alkanes) is 35. The maximum Gasteiger partial charge on any atom is 0.305 e. The first kappa shape index (κ1) is 56.6. The largest absolute Gasteiger partial charge is 0.466 e. The first-order chi connectivity index (χ1) is 28.5. The Labute approximate surface area is 361 Å².